The van der Waals surface area contributed by atoms with E-state index in [1.165, 1.54) is 6.20 Å². The fourth-order valence-corrected chi connectivity index (χ4v) is 1.91. The van der Waals surface area contributed by atoms with Gasteiger partial charge in [-0.15, -0.1) is 0 Å². The highest BCUT2D eigenvalue weighted by Crippen LogP contribution is 2.26. The first kappa shape index (κ1) is 11.9. The molecule has 4 nitrogen and oxygen atoms in total. The Labute approximate surface area is 107 Å². The van der Waals surface area contributed by atoms with Crippen molar-refractivity contribution in [1.29, 1.82) is 0 Å². The molecule has 1 heterocycles. The number of hydrogen-bond donors (Lipinski definition) is 1. The van der Waals surface area contributed by atoms with Gasteiger partial charge in [-0.25, -0.2) is 4.79 Å². The molecule has 1 aromatic carbocycles. The Hall–Kier alpha value is -1.62. The van der Waals surface area contributed by atoms with Crippen LogP contribution >= 0.6 is 15.9 Å². The van der Waals surface area contributed by atoms with Crippen molar-refractivity contribution in [3.63, 3.8) is 0 Å². The summed E-state index contributed by atoms with van der Waals surface area (Å²) in [5, 5.41) is 0.749. The molecule has 0 fully saturated rings. The number of benzene rings is 1. The maximum atomic E-state index is 11.6. The van der Waals surface area contributed by atoms with E-state index in [1.807, 2.05) is 18.2 Å². The summed E-state index contributed by atoms with van der Waals surface area (Å²) >= 11 is 3.36. The minimum absolute atomic E-state index is 0.307. The number of nitrogens with zero attached hydrogens (tertiary/aromatic N) is 1. The van der Waals surface area contributed by atoms with Crippen molar-refractivity contribution < 1.29 is 9.53 Å². The van der Waals surface area contributed by atoms with E-state index >= 15 is 0 Å². The summed E-state index contributed by atoms with van der Waals surface area (Å²) in [6, 6.07) is 5.53. The topological polar surface area (TPSA) is 65.2 Å². The SMILES string of the molecule is CCOC(=O)c1cnc2cc(Br)ccc2c1N. The van der Waals surface area contributed by atoms with Crippen LogP contribution in [0, 0.1) is 0 Å². The molecule has 0 atom stereocenters. The van der Waals surface area contributed by atoms with Crippen LogP contribution in [0.1, 0.15) is 17.3 Å². The predicted molar refractivity (Wildman–Crippen MR) is 69.8 cm³/mol. The first-order chi connectivity index (χ1) is 8.13. The average molecular weight is 295 g/mol. The molecule has 17 heavy (non-hydrogen) atoms. The third kappa shape index (κ3) is 2.24. The van der Waals surface area contributed by atoms with E-state index in [-0.39, 0.29) is 0 Å². The molecular weight excluding hydrogens is 284 g/mol. The van der Waals surface area contributed by atoms with Crippen LogP contribution in [0.25, 0.3) is 10.9 Å². The number of carbonyl (C=O) groups excluding carboxylic acids is 1. The van der Waals surface area contributed by atoms with Crippen LogP contribution in [0.4, 0.5) is 5.69 Å². The molecule has 0 bridgehead atoms. The molecule has 0 aliphatic rings. The standard InChI is InChI=1S/C12H11BrN2O2/c1-2-17-12(16)9-6-15-10-5-7(13)3-4-8(10)11(9)14/h3-6H,2H2,1H3,(H2,14,15). The van der Waals surface area contributed by atoms with Crippen molar-refractivity contribution in [2.45, 2.75) is 6.92 Å². The lowest BCUT2D eigenvalue weighted by molar-refractivity contribution is 0.0527. The Morgan fingerprint density at radius 1 is 1.53 bits per heavy atom. The Bertz CT molecular complexity index is 584. The number of halogens is 1. The zero-order chi connectivity index (χ0) is 12.4. The van der Waals surface area contributed by atoms with Gasteiger partial charge in [0.25, 0.3) is 0 Å². The van der Waals surface area contributed by atoms with E-state index in [2.05, 4.69) is 20.9 Å². The Kier molecular flexibility index (Phi) is 3.28. The van der Waals surface area contributed by atoms with Crippen molar-refractivity contribution in [3.05, 3.63) is 34.4 Å². The van der Waals surface area contributed by atoms with Gasteiger partial charge in [-0.1, -0.05) is 15.9 Å². The van der Waals surface area contributed by atoms with Crippen LogP contribution in [0.5, 0.6) is 0 Å². The van der Waals surface area contributed by atoms with Gasteiger partial charge >= 0.3 is 5.97 Å². The van der Waals surface area contributed by atoms with E-state index in [9.17, 15) is 4.79 Å². The predicted octanol–water partition coefficient (Wildman–Crippen LogP) is 2.76. The van der Waals surface area contributed by atoms with E-state index in [0.717, 1.165) is 15.4 Å². The zero-order valence-corrected chi connectivity index (χ0v) is 10.8. The third-order valence-electron chi connectivity index (χ3n) is 2.37. The van der Waals surface area contributed by atoms with Gasteiger partial charge in [-0.05, 0) is 25.1 Å². The van der Waals surface area contributed by atoms with Crippen LogP contribution in [0.15, 0.2) is 28.9 Å². The fraction of sp³-hybridized carbons (Fsp3) is 0.167. The molecule has 0 saturated carbocycles. The van der Waals surface area contributed by atoms with Crippen molar-refractivity contribution in [2.24, 2.45) is 0 Å². The maximum absolute atomic E-state index is 11.6. The quantitative estimate of drug-likeness (QED) is 0.865. The molecule has 0 aliphatic carbocycles. The van der Waals surface area contributed by atoms with Crippen molar-refractivity contribution in [3.8, 4) is 0 Å². The number of ether oxygens (including phenoxy) is 1. The van der Waals surface area contributed by atoms with Crippen molar-refractivity contribution >= 4 is 38.5 Å². The Morgan fingerprint density at radius 3 is 3.00 bits per heavy atom. The number of hydrogen-bond acceptors (Lipinski definition) is 4. The van der Waals surface area contributed by atoms with Crippen LogP contribution in [0.2, 0.25) is 0 Å². The van der Waals surface area contributed by atoms with E-state index in [4.69, 9.17) is 10.5 Å². The summed E-state index contributed by atoms with van der Waals surface area (Å²) in [7, 11) is 0. The van der Waals surface area contributed by atoms with Crippen molar-refractivity contribution in [1.82, 2.24) is 4.98 Å². The molecule has 0 amide bonds. The van der Waals surface area contributed by atoms with Gasteiger partial charge in [-0.2, -0.15) is 0 Å². The monoisotopic (exact) mass is 294 g/mol. The van der Waals surface area contributed by atoms with Gasteiger partial charge in [0.1, 0.15) is 5.56 Å². The highest BCUT2D eigenvalue weighted by molar-refractivity contribution is 9.10. The third-order valence-corrected chi connectivity index (χ3v) is 2.86. The van der Waals surface area contributed by atoms with Gasteiger partial charge in [0.05, 0.1) is 17.8 Å². The second-order valence-corrected chi connectivity index (χ2v) is 4.38. The molecule has 0 aliphatic heterocycles. The summed E-state index contributed by atoms with van der Waals surface area (Å²) in [5.41, 5.74) is 7.40. The number of anilines is 1. The zero-order valence-electron chi connectivity index (χ0n) is 9.24. The minimum Gasteiger partial charge on any atom is -0.462 e. The highest BCUT2D eigenvalue weighted by atomic mass is 79.9. The normalized spacial score (nSPS) is 10.5. The number of fused-ring (bicyclic) bond motifs is 1. The second-order valence-electron chi connectivity index (χ2n) is 3.47. The molecule has 5 heteroatoms. The molecule has 88 valence electrons. The summed E-state index contributed by atoms with van der Waals surface area (Å²) < 4.78 is 5.83. The van der Waals surface area contributed by atoms with Gasteiger partial charge in [0, 0.05) is 16.1 Å². The number of aromatic nitrogens is 1. The van der Waals surface area contributed by atoms with E-state index in [1.54, 1.807) is 6.92 Å². The van der Waals surface area contributed by atoms with E-state index < -0.39 is 5.97 Å². The maximum Gasteiger partial charge on any atom is 0.341 e. The smallest absolute Gasteiger partial charge is 0.341 e. The largest absolute Gasteiger partial charge is 0.462 e. The average Bonchev–Trinajstić information content (AvgIpc) is 2.29. The number of carbonyl (C=O) groups is 1. The van der Waals surface area contributed by atoms with Gasteiger partial charge in [0.15, 0.2) is 0 Å². The van der Waals surface area contributed by atoms with Gasteiger partial charge in [0.2, 0.25) is 0 Å². The first-order valence-electron chi connectivity index (χ1n) is 5.14. The number of nitrogens with two attached hydrogens (primary N) is 1. The fourth-order valence-electron chi connectivity index (χ4n) is 1.56. The summed E-state index contributed by atoms with van der Waals surface area (Å²) in [6.07, 6.45) is 1.45. The molecular formula is C12H11BrN2O2. The number of nitrogen functional groups attached to an aromatic ring is 1. The lowest BCUT2D eigenvalue weighted by atomic mass is 10.1. The molecule has 0 unspecified atom stereocenters. The lowest BCUT2D eigenvalue weighted by Crippen LogP contribution is -2.09. The number of pyridine rings is 1. The molecule has 2 rings (SSSR count). The van der Waals surface area contributed by atoms with Gasteiger partial charge < -0.3 is 10.5 Å². The highest BCUT2D eigenvalue weighted by Gasteiger charge is 2.14. The Morgan fingerprint density at radius 2 is 2.29 bits per heavy atom. The minimum atomic E-state index is -0.442. The van der Waals surface area contributed by atoms with Crippen LogP contribution < -0.4 is 5.73 Å². The second kappa shape index (κ2) is 4.71. The van der Waals surface area contributed by atoms with Gasteiger partial charge in [-0.3, -0.25) is 4.98 Å². The molecule has 0 saturated heterocycles. The van der Waals surface area contributed by atoms with E-state index in [0.29, 0.717) is 17.9 Å². The lowest BCUT2D eigenvalue weighted by Gasteiger charge is -2.07. The molecule has 0 spiro atoms. The Balaban J connectivity index is 2.58. The summed E-state index contributed by atoms with van der Waals surface area (Å²) in [6.45, 7) is 2.07. The summed E-state index contributed by atoms with van der Waals surface area (Å²) in [5.74, 6) is -0.442. The summed E-state index contributed by atoms with van der Waals surface area (Å²) in [4.78, 5) is 15.8. The molecule has 0 radical (unpaired) electrons. The van der Waals surface area contributed by atoms with Crippen molar-refractivity contribution in [2.75, 3.05) is 12.3 Å². The van der Waals surface area contributed by atoms with Crippen LogP contribution in [-0.2, 0) is 4.74 Å². The molecule has 2 aromatic rings. The first-order valence-corrected chi connectivity index (χ1v) is 5.93. The van der Waals surface area contributed by atoms with Crippen LogP contribution in [-0.4, -0.2) is 17.6 Å². The molecule has 2 N–H and O–H groups in total. The number of rotatable bonds is 2. The molecule has 1 aromatic heterocycles. The number of esters is 1. The van der Waals surface area contributed by atoms with Crippen LogP contribution in [0.3, 0.4) is 0 Å².